The molecule has 0 saturated heterocycles. The molecular weight excluding hydrogens is 1330 g/mol. The molecule has 0 heterocycles. The Labute approximate surface area is 574 Å². The van der Waals surface area contributed by atoms with Gasteiger partial charge in [-0.2, -0.15) is 0 Å². The van der Waals surface area contributed by atoms with Crippen LogP contribution in [-0.2, 0) is 68.0 Å². The number of rotatable bonds is 25. The topological polar surface area (TPSA) is 295 Å². The molecule has 18 nitrogen and oxygen atoms in total. The predicted molar refractivity (Wildman–Crippen MR) is 355 cm³/mol. The number of aromatic hydroxyl groups is 8. The standard InChI is InChI=1S/C21H27N3O2.3C16H16N2O2.Co.3Fe.H2O/c1-24(14-6-12-22-16-18-8-2-4-10-20(18)25)15-7-13-23-17-19-9-3-5-11-21(19)26;3*19-15-7-3-1-5-13(15)11-17-9-10-18-12-14-6-2-4-8-16(14)20;;;;;/h2-5,8-11,16-17,25-26H,6-7,12-15H2,1H3;3*1-8,11-12,19-20H,9-10H2;;;;;1H2. The van der Waals surface area contributed by atoms with E-state index in [0.717, 1.165) is 50.1 Å². The van der Waals surface area contributed by atoms with Gasteiger partial charge in [0.25, 0.3) is 0 Å². The van der Waals surface area contributed by atoms with Gasteiger partial charge in [0.2, 0.25) is 0 Å². The smallest absolute Gasteiger partial charge is 0.124 e. The van der Waals surface area contributed by atoms with Crippen molar-refractivity contribution < 1.29 is 114 Å². The number of aliphatic imine (C=N–C) groups is 8. The summed E-state index contributed by atoms with van der Waals surface area (Å²) in [6, 6.07) is 56.6. The molecule has 8 aromatic rings. The zero-order valence-electron chi connectivity index (χ0n) is 50.1. The number of nitrogens with zero attached hydrogens (tertiary/aromatic N) is 9. The third-order valence-electron chi connectivity index (χ3n) is 12.1. The molecule has 485 valence electrons. The van der Waals surface area contributed by atoms with Gasteiger partial charge < -0.3 is 51.2 Å². The van der Waals surface area contributed by atoms with Crippen molar-refractivity contribution in [3.05, 3.63) is 239 Å². The van der Waals surface area contributed by atoms with Crippen LogP contribution in [0.25, 0.3) is 0 Å². The molecule has 1 radical (unpaired) electrons. The number of phenolic OH excluding ortho intramolecular Hbond substituents is 8. The molecule has 10 N–H and O–H groups in total. The van der Waals surface area contributed by atoms with Gasteiger partial charge in [-0.25, -0.2) is 0 Å². The Hall–Kier alpha value is -8.50. The summed E-state index contributed by atoms with van der Waals surface area (Å²) in [6.45, 7) is 6.58. The monoisotopic (exact) mass is 1400 g/mol. The Balaban J connectivity index is 0.00000117. The van der Waals surface area contributed by atoms with E-state index < -0.39 is 0 Å². The molecule has 0 unspecified atom stereocenters. The fraction of sp³-hybridized carbons (Fsp3) is 0.188. The van der Waals surface area contributed by atoms with Crippen molar-refractivity contribution in [3.63, 3.8) is 0 Å². The molecule has 91 heavy (non-hydrogen) atoms. The van der Waals surface area contributed by atoms with Gasteiger partial charge in [-0.3, -0.25) is 39.9 Å². The first-order chi connectivity index (χ1) is 42.0. The third kappa shape index (κ3) is 34.3. The first kappa shape index (κ1) is 82.5. The molecule has 0 aliphatic heterocycles. The Morgan fingerprint density at radius 3 is 0.527 bits per heavy atom. The van der Waals surface area contributed by atoms with Crippen molar-refractivity contribution in [3.8, 4) is 46.0 Å². The summed E-state index contributed by atoms with van der Waals surface area (Å²) in [5.41, 5.74) is 5.66. The van der Waals surface area contributed by atoms with Crippen molar-refractivity contribution in [1.82, 2.24) is 4.90 Å². The second-order valence-electron chi connectivity index (χ2n) is 18.8. The molecule has 8 rings (SSSR count). The third-order valence-corrected chi connectivity index (χ3v) is 12.1. The summed E-state index contributed by atoms with van der Waals surface area (Å²) in [7, 11) is 2.10. The van der Waals surface area contributed by atoms with Crippen LogP contribution in [-0.4, -0.2) is 173 Å². The summed E-state index contributed by atoms with van der Waals surface area (Å²) < 4.78 is 0. The minimum Gasteiger partial charge on any atom is -0.507 e. The van der Waals surface area contributed by atoms with Crippen LogP contribution in [0.5, 0.6) is 46.0 Å². The Morgan fingerprint density at radius 1 is 0.253 bits per heavy atom. The molecule has 0 amide bonds. The van der Waals surface area contributed by atoms with Crippen molar-refractivity contribution in [1.29, 1.82) is 0 Å². The van der Waals surface area contributed by atoms with Crippen LogP contribution in [0.4, 0.5) is 0 Å². The van der Waals surface area contributed by atoms with Crippen molar-refractivity contribution in [2.24, 2.45) is 39.9 Å². The number of hydrogen-bond acceptors (Lipinski definition) is 17. The molecule has 0 aliphatic rings. The number of benzene rings is 8. The van der Waals surface area contributed by atoms with Crippen molar-refractivity contribution >= 4 is 49.7 Å². The second kappa shape index (κ2) is 50.3. The quantitative estimate of drug-likeness (QED) is 0.0153. The van der Waals surface area contributed by atoms with Crippen LogP contribution in [0.1, 0.15) is 57.3 Å². The summed E-state index contributed by atoms with van der Waals surface area (Å²) >= 11 is 0. The zero-order chi connectivity index (χ0) is 61.2. The molecule has 22 heteroatoms. The van der Waals surface area contributed by atoms with Gasteiger partial charge in [-0.05, 0) is 130 Å². The fourth-order valence-electron chi connectivity index (χ4n) is 7.40. The molecule has 8 aromatic carbocycles. The molecule has 0 saturated carbocycles. The number of phenols is 8. The van der Waals surface area contributed by atoms with Crippen LogP contribution in [0.3, 0.4) is 0 Å². The maximum atomic E-state index is 9.66. The number of hydrogen-bond donors (Lipinski definition) is 8. The van der Waals surface area contributed by atoms with Crippen LogP contribution < -0.4 is 0 Å². The average molecular weight is 1400 g/mol. The van der Waals surface area contributed by atoms with E-state index in [2.05, 4.69) is 51.9 Å². The molecule has 0 atom stereocenters. The molecule has 0 bridgehead atoms. The normalized spacial score (nSPS) is 10.9. The SMILES string of the molecule is CN(CCCN=Cc1ccccc1O)CCCN=Cc1ccccc1O.O.Oc1ccccc1C=NCCN=Cc1ccccc1O.Oc1ccccc1C=NCCN=Cc1ccccc1O.Oc1ccccc1C=NCCN=Cc1ccccc1O.[Co].[Fe].[Fe].[Fe]. The van der Waals surface area contributed by atoms with Crippen LogP contribution in [0.2, 0.25) is 0 Å². The van der Waals surface area contributed by atoms with E-state index in [1.54, 1.807) is 183 Å². The molecule has 0 aromatic heterocycles. The van der Waals surface area contributed by atoms with E-state index in [1.165, 1.54) is 0 Å². The van der Waals surface area contributed by atoms with E-state index >= 15 is 0 Å². The Morgan fingerprint density at radius 2 is 0.385 bits per heavy atom. The minimum absolute atomic E-state index is 0. The molecular formula is C69H77CoFe3N9O9. The van der Waals surface area contributed by atoms with Gasteiger partial charge in [-0.15, -0.1) is 0 Å². The predicted octanol–water partition coefficient (Wildman–Crippen LogP) is 10.4. The zero-order valence-corrected chi connectivity index (χ0v) is 54.4. The maximum Gasteiger partial charge on any atom is 0.124 e. The first-order valence-electron chi connectivity index (χ1n) is 27.9. The minimum atomic E-state index is 0. The number of para-hydroxylation sites is 8. The summed E-state index contributed by atoms with van der Waals surface area (Å²) in [4.78, 5) is 36.2. The van der Waals surface area contributed by atoms with Gasteiger partial charge in [0.1, 0.15) is 46.0 Å². The van der Waals surface area contributed by atoms with E-state index in [9.17, 15) is 40.9 Å². The fourth-order valence-corrected chi connectivity index (χ4v) is 7.40. The molecule has 0 aliphatic carbocycles. The van der Waals surface area contributed by atoms with E-state index in [-0.39, 0.29) is 119 Å². The van der Waals surface area contributed by atoms with Gasteiger partial charge in [0, 0.05) is 175 Å². The van der Waals surface area contributed by atoms with Gasteiger partial charge in [0.15, 0.2) is 0 Å². The van der Waals surface area contributed by atoms with Crippen molar-refractivity contribution in [2.75, 3.05) is 72.5 Å². The van der Waals surface area contributed by atoms with E-state index in [1.807, 2.05) is 60.7 Å². The molecule has 0 fully saturated rings. The van der Waals surface area contributed by atoms with Gasteiger partial charge >= 0.3 is 0 Å². The largest absolute Gasteiger partial charge is 0.507 e. The maximum absolute atomic E-state index is 9.66. The second-order valence-corrected chi connectivity index (χ2v) is 18.8. The first-order valence-corrected chi connectivity index (χ1v) is 27.9. The van der Waals surface area contributed by atoms with E-state index in [4.69, 9.17) is 0 Å². The Kier molecular flexibility index (Phi) is 45.6. The van der Waals surface area contributed by atoms with Crippen molar-refractivity contribution in [2.45, 2.75) is 12.8 Å². The molecule has 0 spiro atoms. The van der Waals surface area contributed by atoms with Crippen LogP contribution in [0.15, 0.2) is 234 Å². The van der Waals surface area contributed by atoms with Crippen LogP contribution >= 0.6 is 0 Å². The summed E-state index contributed by atoms with van der Waals surface area (Å²) in [5.74, 6) is 1.82. The average Bonchev–Trinajstić information content (AvgIpc) is 3.73. The van der Waals surface area contributed by atoms with Crippen LogP contribution in [0, 0.1) is 0 Å². The summed E-state index contributed by atoms with van der Waals surface area (Å²) in [6.07, 6.45) is 15.2. The van der Waals surface area contributed by atoms with Gasteiger partial charge in [0.05, 0.1) is 39.3 Å². The van der Waals surface area contributed by atoms with E-state index in [0.29, 0.717) is 72.6 Å². The summed E-state index contributed by atoms with van der Waals surface area (Å²) in [5, 5.41) is 76.6. The Bertz CT molecular complexity index is 3050. The van der Waals surface area contributed by atoms with Gasteiger partial charge in [-0.1, -0.05) is 97.1 Å².